The zero-order valence-electron chi connectivity index (χ0n) is 13.5. The van der Waals surface area contributed by atoms with Crippen LogP contribution in [0, 0.1) is 0 Å². The molecule has 1 aliphatic heterocycles. The van der Waals surface area contributed by atoms with Crippen molar-refractivity contribution in [3.05, 3.63) is 96.0 Å². The summed E-state index contributed by atoms with van der Waals surface area (Å²) in [6.07, 6.45) is 7.73. The fourth-order valence-corrected chi connectivity index (χ4v) is 3.03. The molecular formula is C20H17ClN4. The molecule has 5 heteroatoms. The molecule has 0 unspecified atom stereocenters. The maximum Gasteiger partial charge on any atom is 0.0860 e. The average molecular weight is 349 g/mol. The molecule has 25 heavy (non-hydrogen) atoms. The van der Waals surface area contributed by atoms with Gasteiger partial charge in [0.2, 0.25) is 0 Å². The van der Waals surface area contributed by atoms with Crippen LogP contribution < -0.4 is 15.3 Å². The number of para-hydroxylation sites is 2. The highest BCUT2D eigenvalue weighted by Gasteiger charge is 2.18. The van der Waals surface area contributed by atoms with Crippen molar-refractivity contribution in [2.24, 2.45) is 0 Å². The van der Waals surface area contributed by atoms with E-state index in [0.29, 0.717) is 5.02 Å². The third kappa shape index (κ3) is 3.44. The van der Waals surface area contributed by atoms with Gasteiger partial charge in [-0.05, 0) is 48.0 Å². The molecule has 4 rings (SSSR count). The van der Waals surface area contributed by atoms with Crippen LogP contribution in [0.25, 0.3) is 0 Å². The molecule has 0 saturated carbocycles. The van der Waals surface area contributed by atoms with Crippen LogP contribution in [0.4, 0.5) is 17.1 Å². The summed E-state index contributed by atoms with van der Waals surface area (Å²) in [4.78, 5) is 6.31. The molecule has 3 aromatic rings. The molecule has 0 spiro atoms. The van der Waals surface area contributed by atoms with Crippen LogP contribution in [0.15, 0.2) is 85.5 Å². The predicted octanol–water partition coefficient (Wildman–Crippen LogP) is 5.06. The first-order valence-electron chi connectivity index (χ1n) is 8.04. The molecule has 0 saturated heterocycles. The van der Waals surface area contributed by atoms with Crippen molar-refractivity contribution in [3.8, 4) is 0 Å². The molecule has 2 aromatic carbocycles. The van der Waals surface area contributed by atoms with Gasteiger partial charge >= 0.3 is 0 Å². The lowest BCUT2D eigenvalue weighted by Gasteiger charge is -2.34. The molecule has 0 amide bonds. The minimum absolute atomic E-state index is 0.707. The monoisotopic (exact) mass is 348 g/mol. The Labute approximate surface area is 152 Å². The van der Waals surface area contributed by atoms with Crippen LogP contribution in [0.2, 0.25) is 5.02 Å². The summed E-state index contributed by atoms with van der Waals surface area (Å²) in [7, 11) is 0. The highest BCUT2D eigenvalue weighted by atomic mass is 35.5. The van der Waals surface area contributed by atoms with Gasteiger partial charge in [0.05, 0.1) is 17.1 Å². The van der Waals surface area contributed by atoms with Crippen LogP contribution in [0.5, 0.6) is 0 Å². The lowest BCUT2D eigenvalue weighted by atomic mass is 10.2. The van der Waals surface area contributed by atoms with E-state index in [1.54, 1.807) is 0 Å². The second-order valence-corrected chi connectivity index (χ2v) is 6.20. The summed E-state index contributed by atoms with van der Waals surface area (Å²) < 4.78 is 0. The molecular weight excluding hydrogens is 332 g/mol. The van der Waals surface area contributed by atoms with E-state index in [-0.39, 0.29) is 0 Å². The van der Waals surface area contributed by atoms with Gasteiger partial charge in [0, 0.05) is 36.4 Å². The Morgan fingerprint density at radius 3 is 2.48 bits per heavy atom. The number of fused-ring (bicyclic) bond motifs is 1. The first-order valence-corrected chi connectivity index (χ1v) is 8.42. The Morgan fingerprint density at radius 2 is 1.68 bits per heavy atom. The molecule has 1 N–H and O–H groups in total. The summed E-state index contributed by atoms with van der Waals surface area (Å²) in [6.45, 7) is 0.793. The van der Waals surface area contributed by atoms with Gasteiger partial charge in [-0.15, -0.1) is 0 Å². The van der Waals surface area contributed by atoms with Crippen molar-refractivity contribution in [2.45, 2.75) is 6.54 Å². The van der Waals surface area contributed by atoms with E-state index >= 15 is 0 Å². The zero-order valence-corrected chi connectivity index (χ0v) is 14.3. The van der Waals surface area contributed by atoms with Gasteiger partial charge < -0.3 is 4.90 Å². The molecule has 0 fully saturated rings. The molecule has 0 atom stereocenters. The van der Waals surface area contributed by atoms with Crippen LogP contribution >= 0.6 is 11.6 Å². The third-order valence-electron chi connectivity index (χ3n) is 4.02. The van der Waals surface area contributed by atoms with E-state index < -0.39 is 0 Å². The van der Waals surface area contributed by atoms with E-state index in [2.05, 4.69) is 39.7 Å². The molecule has 2 heterocycles. The van der Waals surface area contributed by atoms with Crippen LogP contribution in [-0.2, 0) is 6.54 Å². The fourth-order valence-electron chi connectivity index (χ4n) is 2.84. The number of aromatic nitrogens is 1. The van der Waals surface area contributed by atoms with Gasteiger partial charge in [0.1, 0.15) is 0 Å². The van der Waals surface area contributed by atoms with Gasteiger partial charge in [-0.25, -0.2) is 0 Å². The van der Waals surface area contributed by atoms with Gasteiger partial charge in [0.25, 0.3) is 0 Å². The Hall–Kier alpha value is -2.98. The summed E-state index contributed by atoms with van der Waals surface area (Å²) in [5, 5.41) is 2.71. The van der Waals surface area contributed by atoms with E-state index in [9.17, 15) is 0 Å². The van der Waals surface area contributed by atoms with E-state index in [4.69, 9.17) is 11.6 Å². The predicted molar refractivity (Wildman–Crippen MR) is 104 cm³/mol. The zero-order chi connectivity index (χ0) is 17.1. The van der Waals surface area contributed by atoms with Crippen molar-refractivity contribution >= 4 is 28.7 Å². The van der Waals surface area contributed by atoms with Gasteiger partial charge in [-0.1, -0.05) is 29.8 Å². The smallest absolute Gasteiger partial charge is 0.0860 e. The van der Waals surface area contributed by atoms with Crippen molar-refractivity contribution in [3.63, 3.8) is 0 Å². The number of halogens is 1. The number of nitrogens with one attached hydrogen (secondary N) is 1. The van der Waals surface area contributed by atoms with Gasteiger partial charge in [-0.2, -0.15) is 0 Å². The van der Waals surface area contributed by atoms with Crippen LogP contribution in [0.1, 0.15) is 5.56 Å². The first-order chi connectivity index (χ1) is 12.3. The summed E-state index contributed by atoms with van der Waals surface area (Å²) in [5.74, 6) is 0. The topological polar surface area (TPSA) is 31.4 Å². The number of nitrogens with zero attached hydrogens (tertiary/aromatic N) is 3. The number of anilines is 3. The number of hydrogen-bond acceptors (Lipinski definition) is 4. The number of pyridine rings is 1. The van der Waals surface area contributed by atoms with Gasteiger partial charge in [0.15, 0.2) is 0 Å². The Balaban J connectivity index is 1.61. The first kappa shape index (κ1) is 15.5. The number of hydrazine groups is 1. The van der Waals surface area contributed by atoms with E-state index in [0.717, 1.165) is 23.6 Å². The molecule has 1 aromatic heterocycles. The summed E-state index contributed by atoms with van der Waals surface area (Å²) >= 11 is 6.09. The quantitative estimate of drug-likeness (QED) is 0.714. The maximum atomic E-state index is 6.09. The highest BCUT2D eigenvalue weighted by Crippen LogP contribution is 2.34. The molecule has 124 valence electrons. The van der Waals surface area contributed by atoms with Crippen molar-refractivity contribution in [1.29, 1.82) is 0 Å². The Morgan fingerprint density at radius 1 is 0.880 bits per heavy atom. The van der Waals surface area contributed by atoms with Gasteiger partial charge in [-0.3, -0.25) is 15.4 Å². The van der Waals surface area contributed by atoms with Crippen molar-refractivity contribution < 1.29 is 0 Å². The normalized spacial score (nSPS) is 12.8. The minimum atomic E-state index is 0.707. The number of hydrogen-bond donors (Lipinski definition) is 1. The molecule has 0 radical (unpaired) electrons. The highest BCUT2D eigenvalue weighted by molar-refractivity contribution is 6.30. The maximum absolute atomic E-state index is 6.09. The number of benzene rings is 2. The lowest BCUT2D eigenvalue weighted by molar-refractivity contribution is 0.932. The molecule has 0 bridgehead atoms. The molecule has 0 aliphatic carbocycles. The SMILES string of the molecule is Clc1cccc(NN2C=CN(Cc3ccncc3)c3ccccc32)c1. The second-order valence-electron chi connectivity index (χ2n) is 5.76. The third-order valence-corrected chi connectivity index (χ3v) is 4.26. The summed E-state index contributed by atoms with van der Waals surface area (Å²) in [6, 6.07) is 20.1. The Kier molecular flexibility index (Phi) is 4.27. The molecule has 4 nitrogen and oxygen atoms in total. The second kappa shape index (κ2) is 6.87. The fraction of sp³-hybridized carbons (Fsp3) is 0.0500. The largest absolute Gasteiger partial charge is 0.340 e. The van der Waals surface area contributed by atoms with Crippen LogP contribution in [0.3, 0.4) is 0 Å². The minimum Gasteiger partial charge on any atom is -0.340 e. The van der Waals surface area contributed by atoms with E-state index in [1.807, 2.05) is 66.1 Å². The Bertz CT molecular complexity index is 895. The average Bonchev–Trinajstić information content (AvgIpc) is 2.65. The lowest BCUT2D eigenvalue weighted by Crippen LogP contribution is -2.31. The summed E-state index contributed by atoms with van der Waals surface area (Å²) in [5.41, 5.74) is 7.76. The standard InChI is InChI=1S/C20H17ClN4/c21-17-4-3-5-18(14-17)23-25-13-12-24(15-16-8-10-22-11-9-16)19-6-1-2-7-20(19)25/h1-14,23H,15H2. The van der Waals surface area contributed by atoms with Crippen molar-refractivity contribution in [1.82, 2.24) is 4.98 Å². The van der Waals surface area contributed by atoms with E-state index in [1.165, 1.54) is 5.56 Å². The number of rotatable bonds is 4. The van der Waals surface area contributed by atoms with Crippen molar-refractivity contribution in [2.75, 3.05) is 15.3 Å². The van der Waals surface area contributed by atoms with Crippen LogP contribution in [-0.4, -0.2) is 4.98 Å². The molecule has 1 aliphatic rings.